The number of benzene rings is 2. The Balaban J connectivity index is 1.77. The molecule has 0 saturated carbocycles. The lowest BCUT2D eigenvalue weighted by molar-refractivity contribution is -0.123. The summed E-state index contributed by atoms with van der Waals surface area (Å²) in [5.41, 5.74) is 1.64. The van der Waals surface area contributed by atoms with Crippen LogP contribution in [0, 0.1) is 0 Å². The first kappa shape index (κ1) is 20.7. The van der Waals surface area contributed by atoms with E-state index in [1.54, 1.807) is 55.5 Å². The summed E-state index contributed by atoms with van der Waals surface area (Å²) in [5, 5.41) is 6.35. The van der Waals surface area contributed by atoms with Crippen molar-refractivity contribution in [3.8, 4) is 5.75 Å². The molecule has 6 nitrogen and oxygen atoms in total. The van der Waals surface area contributed by atoms with Crippen LogP contribution in [0.5, 0.6) is 5.75 Å². The van der Waals surface area contributed by atoms with E-state index in [2.05, 4.69) is 10.6 Å². The molecule has 2 aromatic rings. The Morgan fingerprint density at radius 2 is 1.63 bits per heavy atom. The second kappa shape index (κ2) is 9.94. The average Bonchev–Trinajstić information content (AvgIpc) is 2.62. The third-order valence-corrected chi connectivity index (χ3v) is 4.20. The smallest absolute Gasteiger partial charge is 0.238 e. The second-order valence-corrected chi connectivity index (χ2v) is 6.73. The molecule has 0 spiro atoms. The quantitative estimate of drug-likeness (QED) is 0.727. The Bertz CT molecular complexity index is 763. The minimum absolute atomic E-state index is 0.106. The van der Waals surface area contributed by atoms with E-state index in [0.717, 1.165) is 11.3 Å². The van der Waals surface area contributed by atoms with Crippen molar-refractivity contribution in [3.63, 3.8) is 0 Å². The number of carbonyl (C=O) groups excluding carboxylic acids is 2. The fraction of sp³-hybridized carbons (Fsp3) is 0.300. The first-order valence-corrected chi connectivity index (χ1v) is 8.92. The van der Waals surface area contributed by atoms with E-state index in [0.29, 0.717) is 10.7 Å². The van der Waals surface area contributed by atoms with Crippen LogP contribution in [-0.2, 0) is 9.59 Å². The fourth-order valence-electron chi connectivity index (χ4n) is 2.54. The molecule has 7 heteroatoms. The first-order chi connectivity index (χ1) is 12.9. The normalized spacial score (nSPS) is 11.7. The van der Waals surface area contributed by atoms with Crippen molar-refractivity contribution in [3.05, 3.63) is 59.1 Å². The number of nitrogens with zero attached hydrogens (tertiary/aromatic N) is 1. The highest BCUT2D eigenvalue weighted by atomic mass is 35.5. The van der Waals surface area contributed by atoms with Crippen molar-refractivity contribution in [2.24, 2.45) is 0 Å². The molecule has 1 atom stereocenters. The third kappa shape index (κ3) is 6.92. The van der Waals surface area contributed by atoms with Crippen molar-refractivity contribution in [2.75, 3.05) is 32.6 Å². The molecule has 2 N–H and O–H groups in total. The Morgan fingerprint density at radius 1 is 1.04 bits per heavy atom. The number of hydrogen-bond donors (Lipinski definition) is 2. The largest absolute Gasteiger partial charge is 0.497 e. The van der Waals surface area contributed by atoms with E-state index in [1.807, 2.05) is 19.1 Å². The average molecular weight is 390 g/mol. The summed E-state index contributed by atoms with van der Waals surface area (Å²) in [7, 11) is 3.31. The van der Waals surface area contributed by atoms with Gasteiger partial charge in [0, 0.05) is 10.7 Å². The molecule has 2 aromatic carbocycles. The molecular formula is C20H24ClN3O3. The summed E-state index contributed by atoms with van der Waals surface area (Å²) in [6.45, 7) is 2.13. The van der Waals surface area contributed by atoms with Gasteiger partial charge in [0.1, 0.15) is 5.75 Å². The minimum Gasteiger partial charge on any atom is -0.497 e. The van der Waals surface area contributed by atoms with Crippen LogP contribution in [0.3, 0.4) is 0 Å². The van der Waals surface area contributed by atoms with Gasteiger partial charge in [-0.3, -0.25) is 14.5 Å². The van der Waals surface area contributed by atoms with Crippen LogP contribution >= 0.6 is 11.6 Å². The Morgan fingerprint density at radius 3 is 2.22 bits per heavy atom. The number of likely N-dealkylation sites (N-methyl/N-ethyl adjacent to an activating group) is 1. The van der Waals surface area contributed by atoms with E-state index in [-0.39, 0.29) is 30.9 Å². The molecule has 0 unspecified atom stereocenters. The van der Waals surface area contributed by atoms with Crippen molar-refractivity contribution in [1.82, 2.24) is 10.2 Å². The van der Waals surface area contributed by atoms with Crippen LogP contribution in [-0.4, -0.2) is 44.0 Å². The van der Waals surface area contributed by atoms with Gasteiger partial charge in [0.2, 0.25) is 11.8 Å². The number of halogens is 1. The van der Waals surface area contributed by atoms with Gasteiger partial charge < -0.3 is 15.4 Å². The summed E-state index contributed by atoms with van der Waals surface area (Å²) in [6, 6.07) is 14.2. The Labute approximate surface area is 164 Å². The van der Waals surface area contributed by atoms with E-state index < -0.39 is 0 Å². The van der Waals surface area contributed by atoms with Crippen LogP contribution < -0.4 is 15.4 Å². The molecule has 144 valence electrons. The summed E-state index contributed by atoms with van der Waals surface area (Å²) in [5.74, 6) is 0.370. The van der Waals surface area contributed by atoms with Crippen molar-refractivity contribution >= 4 is 29.1 Å². The molecule has 0 fully saturated rings. The number of anilines is 1. The van der Waals surface area contributed by atoms with Gasteiger partial charge in [-0.2, -0.15) is 0 Å². The standard InChI is InChI=1S/C20H24ClN3O3/c1-14(15-4-6-16(21)7-5-15)22-19(25)12-24(2)13-20(26)23-17-8-10-18(27-3)11-9-17/h4-11,14H,12-13H2,1-3H3,(H,22,25)(H,23,26)/t14-/m0/s1. The molecule has 0 aromatic heterocycles. The van der Waals surface area contributed by atoms with E-state index >= 15 is 0 Å². The van der Waals surface area contributed by atoms with E-state index in [9.17, 15) is 9.59 Å². The zero-order chi connectivity index (χ0) is 19.8. The van der Waals surface area contributed by atoms with Gasteiger partial charge in [-0.25, -0.2) is 0 Å². The van der Waals surface area contributed by atoms with E-state index in [4.69, 9.17) is 16.3 Å². The SMILES string of the molecule is COc1ccc(NC(=O)CN(C)CC(=O)N[C@@H](C)c2ccc(Cl)cc2)cc1. The van der Waals surface area contributed by atoms with Gasteiger partial charge in [-0.1, -0.05) is 23.7 Å². The predicted molar refractivity (Wildman–Crippen MR) is 107 cm³/mol. The number of hydrogen-bond acceptors (Lipinski definition) is 4. The summed E-state index contributed by atoms with van der Waals surface area (Å²) < 4.78 is 5.08. The molecule has 2 rings (SSSR count). The molecule has 27 heavy (non-hydrogen) atoms. The molecule has 0 saturated heterocycles. The Hall–Kier alpha value is -2.57. The molecule has 0 radical (unpaired) electrons. The highest BCUT2D eigenvalue weighted by Crippen LogP contribution is 2.16. The topological polar surface area (TPSA) is 70.7 Å². The second-order valence-electron chi connectivity index (χ2n) is 6.29. The van der Waals surface area contributed by atoms with Gasteiger partial charge in [-0.05, 0) is 55.9 Å². The van der Waals surface area contributed by atoms with Crippen LogP contribution in [0.4, 0.5) is 5.69 Å². The highest BCUT2D eigenvalue weighted by Gasteiger charge is 2.14. The maximum absolute atomic E-state index is 12.2. The minimum atomic E-state index is -0.193. The fourth-order valence-corrected chi connectivity index (χ4v) is 2.67. The number of ether oxygens (including phenoxy) is 1. The molecule has 0 aliphatic heterocycles. The number of methoxy groups -OCH3 is 1. The Kier molecular flexibility index (Phi) is 7.64. The lowest BCUT2D eigenvalue weighted by Gasteiger charge is -2.19. The molecule has 0 aliphatic rings. The molecule has 2 amide bonds. The van der Waals surface area contributed by atoms with Crippen LogP contribution in [0.1, 0.15) is 18.5 Å². The van der Waals surface area contributed by atoms with Crippen LogP contribution in [0.2, 0.25) is 5.02 Å². The first-order valence-electron chi connectivity index (χ1n) is 8.54. The zero-order valence-corrected chi connectivity index (χ0v) is 16.4. The number of amides is 2. The lowest BCUT2D eigenvalue weighted by atomic mass is 10.1. The van der Waals surface area contributed by atoms with Crippen molar-refractivity contribution < 1.29 is 14.3 Å². The lowest BCUT2D eigenvalue weighted by Crippen LogP contribution is -2.39. The van der Waals surface area contributed by atoms with Gasteiger partial charge in [0.25, 0.3) is 0 Å². The summed E-state index contributed by atoms with van der Waals surface area (Å²) in [6.07, 6.45) is 0. The molecule has 0 aliphatic carbocycles. The third-order valence-electron chi connectivity index (χ3n) is 3.95. The molecule has 0 heterocycles. The number of rotatable bonds is 8. The molecular weight excluding hydrogens is 366 g/mol. The number of carbonyl (C=O) groups is 2. The monoisotopic (exact) mass is 389 g/mol. The van der Waals surface area contributed by atoms with Crippen molar-refractivity contribution in [2.45, 2.75) is 13.0 Å². The summed E-state index contributed by atoms with van der Waals surface area (Å²) in [4.78, 5) is 26.0. The van der Waals surface area contributed by atoms with Crippen LogP contribution in [0.25, 0.3) is 0 Å². The predicted octanol–water partition coefficient (Wildman–Crippen LogP) is 3.10. The van der Waals surface area contributed by atoms with E-state index in [1.165, 1.54) is 0 Å². The zero-order valence-electron chi connectivity index (χ0n) is 15.7. The highest BCUT2D eigenvalue weighted by molar-refractivity contribution is 6.30. The van der Waals surface area contributed by atoms with Gasteiger partial charge in [0.05, 0.1) is 26.2 Å². The van der Waals surface area contributed by atoms with Crippen molar-refractivity contribution in [1.29, 1.82) is 0 Å². The van der Waals surface area contributed by atoms with Crippen LogP contribution in [0.15, 0.2) is 48.5 Å². The molecule has 0 bridgehead atoms. The van der Waals surface area contributed by atoms with Gasteiger partial charge in [0.15, 0.2) is 0 Å². The number of nitrogens with one attached hydrogen (secondary N) is 2. The maximum Gasteiger partial charge on any atom is 0.238 e. The maximum atomic E-state index is 12.2. The van der Waals surface area contributed by atoms with Gasteiger partial charge in [-0.15, -0.1) is 0 Å². The van der Waals surface area contributed by atoms with Gasteiger partial charge >= 0.3 is 0 Å². The summed E-state index contributed by atoms with van der Waals surface area (Å²) >= 11 is 5.87.